The number of thiophene rings is 1. The fourth-order valence-electron chi connectivity index (χ4n) is 3.12. The van der Waals surface area contributed by atoms with Gasteiger partial charge < -0.3 is 9.64 Å². The van der Waals surface area contributed by atoms with E-state index in [4.69, 9.17) is 16.3 Å². The number of rotatable bonds is 7. The Balaban J connectivity index is 1.66. The second-order valence-electron chi connectivity index (χ2n) is 7.01. The van der Waals surface area contributed by atoms with Gasteiger partial charge in [-0.2, -0.15) is 4.31 Å². The zero-order valence-electron chi connectivity index (χ0n) is 16.5. The van der Waals surface area contributed by atoms with Crippen LogP contribution in [0.1, 0.15) is 34.5 Å². The Bertz CT molecular complexity index is 1000. The summed E-state index contributed by atoms with van der Waals surface area (Å²) in [5, 5.41) is 1.98. The first-order valence-electron chi connectivity index (χ1n) is 9.52. The topological polar surface area (TPSA) is 84.0 Å². The summed E-state index contributed by atoms with van der Waals surface area (Å²) in [6.45, 7) is 0.865. The van der Waals surface area contributed by atoms with E-state index in [2.05, 4.69) is 0 Å². The average molecular weight is 471 g/mol. The Morgan fingerprint density at radius 1 is 1.20 bits per heavy atom. The van der Waals surface area contributed by atoms with Crippen molar-refractivity contribution in [2.45, 2.75) is 30.7 Å². The smallest absolute Gasteiger partial charge is 0.340 e. The lowest BCUT2D eigenvalue weighted by molar-refractivity contribution is -0.133. The van der Waals surface area contributed by atoms with Gasteiger partial charge in [-0.25, -0.2) is 13.2 Å². The number of hydrogen-bond donors (Lipinski definition) is 0. The predicted molar refractivity (Wildman–Crippen MR) is 115 cm³/mol. The molecule has 3 rings (SSSR count). The highest BCUT2D eigenvalue weighted by Crippen LogP contribution is 2.25. The molecule has 7 nitrogen and oxygen atoms in total. The molecule has 0 N–H and O–H groups in total. The second-order valence-corrected chi connectivity index (χ2v) is 10.4. The molecule has 0 spiro atoms. The monoisotopic (exact) mass is 470 g/mol. The number of amides is 1. The molecule has 30 heavy (non-hydrogen) atoms. The fourth-order valence-corrected chi connectivity index (χ4v) is 5.61. The van der Waals surface area contributed by atoms with Gasteiger partial charge in [0, 0.05) is 25.0 Å². The summed E-state index contributed by atoms with van der Waals surface area (Å²) < 4.78 is 32.2. The molecular weight excluding hydrogens is 448 g/mol. The first-order valence-corrected chi connectivity index (χ1v) is 12.2. The van der Waals surface area contributed by atoms with Crippen molar-refractivity contribution in [3.05, 3.63) is 51.2 Å². The molecule has 0 aliphatic carbocycles. The lowest BCUT2D eigenvalue weighted by atomic mass is 10.2. The number of sulfonamides is 1. The van der Waals surface area contributed by atoms with Gasteiger partial charge in [0.2, 0.25) is 10.0 Å². The number of halogens is 1. The number of carbonyl (C=O) groups excluding carboxylic acids is 2. The van der Waals surface area contributed by atoms with E-state index in [9.17, 15) is 18.0 Å². The minimum Gasteiger partial charge on any atom is -0.452 e. The van der Waals surface area contributed by atoms with E-state index in [1.165, 1.54) is 38.7 Å². The summed E-state index contributed by atoms with van der Waals surface area (Å²) in [6.07, 6.45) is 2.62. The van der Waals surface area contributed by atoms with Crippen LogP contribution < -0.4 is 0 Å². The van der Waals surface area contributed by atoms with E-state index in [1.54, 1.807) is 7.05 Å². The lowest BCUT2D eigenvalue weighted by Gasteiger charge is -2.26. The van der Waals surface area contributed by atoms with Crippen LogP contribution in [-0.2, 0) is 26.1 Å². The van der Waals surface area contributed by atoms with Crippen molar-refractivity contribution in [3.63, 3.8) is 0 Å². The van der Waals surface area contributed by atoms with Crippen molar-refractivity contribution < 1.29 is 22.7 Å². The average Bonchev–Trinajstić information content (AvgIpc) is 3.25. The van der Waals surface area contributed by atoms with Gasteiger partial charge in [-0.1, -0.05) is 24.1 Å². The number of ether oxygens (including phenoxy) is 1. The number of piperidine rings is 1. The van der Waals surface area contributed by atoms with Gasteiger partial charge in [0.15, 0.2) is 6.61 Å². The van der Waals surface area contributed by atoms with E-state index < -0.39 is 22.6 Å². The normalized spacial score (nSPS) is 15.0. The van der Waals surface area contributed by atoms with Crippen LogP contribution >= 0.6 is 22.9 Å². The van der Waals surface area contributed by atoms with Crippen LogP contribution in [0.15, 0.2) is 40.6 Å². The highest BCUT2D eigenvalue weighted by atomic mass is 35.5. The maximum Gasteiger partial charge on any atom is 0.340 e. The molecule has 10 heteroatoms. The summed E-state index contributed by atoms with van der Waals surface area (Å²) in [5.41, 5.74) is -0.0801. The van der Waals surface area contributed by atoms with Crippen LogP contribution in [0.4, 0.5) is 0 Å². The molecule has 1 aromatic carbocycles. The van der Waals surface area contributed by atoms with Gasteiger partial charge in [0.1, 0.15) is 0 Å². The minimum atomic E-state index is -3.72. The summed E-state index contributed by atoms with van der Waals surface area (Å²) in [6, 6.07) is 7.76. The van der Waals surface area contributed by atoms with E-state index in [-0.39, 0.29) is 21.4 Å². The van der Waals surface area contributed by atoms with Gasteiger partial charge in [0.05, 0.1) is 22.0 Å². The number of carbonyl (C=O) groups is 2. The third-order valence-corrected chi connectivity index (χ3v) is 7.92. The first-order chi connectivity index (χ1) is 14.3. The summed E-state index contributed by atoms with van der Waals surface area (Å²) in [7, 11) is -2.10. The zero-order valence-corrected chi connectivity index (χ0v) is 18.9. The fraction of sp³-hybridized carbons (Fsp3) is 0.400. The van der Waals surface area contributed by atoms with E-state index in [1.807, 2.05) is 17.5 Å². The molecular formula is C20H23ClN2O5S2. The molecule has 0 atom stereocenters. The molecule has 1 aliphatic rings. The molecule has 1 aromatic heterocycles. The van der Waals surface area contributed by atoms with E-state index in [0.717, 1.165) is 24.1 Å². The molecule has 162 valence electrons. The van der Waals surface area contributed by atoms with Crippen LogP contribution in [0.3, 0.4) is 0 Å². The molecule has 1 saturated heterocycles. The maximum atomic E-state index is 12.9. The van der Waals surface area contributed by atoms with E-state index >= 15 is 0 Å². The Labute approximate surface area is 185 Å². The number of likely N-dealkylation sites (N-methyl/N-ethyl adjacent to an activating group) is 1. The molecule has 2 aromatic rings. The number of benzene rings is 1. The largest absolute Gasteiger partial charge is 0.452 e. The van der Waals surface area contributed by atoms with Crippen LogP contribution in [0.5, 0.6) is 0 Å². The molecule has 1 amide bonds. The quantitative estimate of drug-likeness (QED) is 0.579. The van der Waals surface area contributed by atoms with Gasteiger partial charge in [0.25, 0.3) is 5.91 Å². The van der Waals surface area contributed by atoms with Crippen molar-refractivity contribution in [1.29, 1.82) is 0 Å². The molecule has 0 bridgehead atoms. The van der Waals surface area contributed by atoms with Crippen LogP contribution in [0, 0.1) is 0 Å². The van der Waals surface area contributed by atoms with E-state index in [0.29, 0.717) is 19.6 Å². The summed E-state index contributed by atoms with van der Waals surface area (Å²) in [5.74, 6) is -1.21. The lowest BCUT2D eigenvalue weighted by Crippen LogP contribution is -2.35. The van der Waals surface area contributed by atoms with Gasteiger partial charge in [-0.3, -0.25) is 4.79 Å². The highest BCUT2D eigenvalue weighted by molar-refractivity contribution is 7.89. The Hall–Kier alpha value is -1.94. The molecule has 0 unspecified atom stereocenters. The Kier molecular flexibility index (Phi) is 7.51. The first kappa shape index (κ1) is 22.7. The van der Waals surface area contributed by atoms with Gasteiger partial charge in [-0.05, 0) is 42.5 Å². The molecule has 0 radical (unpaired) electrons. The van der Waals surface area contributed by atoms with Crippen LogP contribution in [0.2, 0.25) is 5.02 Å². The van der Waals surface area contributed by atoms with Crippen LogP contribution in [0.25, 0.3) is 0 Å². The van der Waals surface area contributed by atoms with Crippen molar-refractivity contribution in [1.82, 2.24) is 9.21 Å². The van der Waals surface area contributed by atoms with Gasteiger partial charge in [-0.15, -0.1) is 11.3 Å². The van der Waals surface area contributed by atoms with Crippen molar-refractivity contribution >= 4 is 44.8 Å². The maximum absolute atomic E-state index is 12.9. The molecule has 1 fully saturated rings. The minimum absolute atomic E-state index is 0.0121. The van der Waals surface area contributed by atoms with Crippen molar-refractivity contribution in [2.24, 2.45) is 0 Å². The highest BCUT2D eigenvalue weighted by Gasteiger charge is 2.27. The zero-order chi connectivity index (χ0) is 21.7. The number of hydrogen-bond acceptors (Lipinski definition) is 6. The van der Waals surface area contributed by atoms with Crippen LogP contribution in [-0.4, -0.2) is 56.2 Å². The molecule has 2 heterocycles. The summed E-state index contributed by atoms with van der Waals surface area (Å²) >= 11 is 7.62. The number of nitrogens with zero attached hydrogens (tertiary/aromatic N) is 2. The number of esters is 1. The SMILES string of the molecule is CN(Cc1cccs1)C(=O)COC(=O)c1cc(S(=O)(=O)N2CCCCC2)ccc1Cl. The third kappa shape index (κ3) is 5.40. The van der Waals surface area contributed by atoms with Crippen molar-refractivity contribution in [2.75, 3.05) is 26.7 Å². The Morgan fingerprint density at radius 3 is 2.60 bits per heavy atom. The van der Waals surface area contributed by atoms with Gasteiger partial charge >= 0.3 is 5.97 Å². The predicted octanol–water partition coefficient (Wildman–Crippen LogP) is 3.39. The second kappa shape index (κ2) is 9.91. The summed E-state index contributed by atoms with van der Waals surface area (Å²) in [4.78, 5) is 27.2. The standard InChI is InChI=1S/C20H23ClN2O5S2/c1-22(13-15-6-5-11-29-15)19(24)14-28-20(25)17-12-16(7-8-18(17)21)30(26,27)23-9-3-2-4-10-23/h5-8,11-12H,2-4,9-10,13-14H2,1H3. The van der Waals surface area contributed by atoms with Crippen molar-refractivity contribution in [3.8, 4) is 0 Å². The molecule has 0 saturated carbocycles. The molecule has 1 aliphatic heterocycles. The Morgan fingerprint density at radius 2 is 1.93 bits per heavy atom. The third-order valence-electron chi connectivity index (χ3n) is 4.84.